The smallest absolute Gasteiger partial charge is 0.446 e. The van der Waals surface area contributed by atoms with Gasteiger partial charge in [0.15, 0.2) is 5.78 Å². The summed E-state index contributed by atoms with van der Waals surface area (Å²) in [7, 11) is -5.03. The maximum absolute atomic E-state index is 14.9. The Morgan fingerprint density at radius 1 is 0.471 bits per heavy atom. The number of aromatic nitrogens is 1. The van der Waals surface area contributed by atoms with Gasteiger partial charge in [0.25, 0.3) is 5.91 Å². The predicted molar refractivity (Wildman–Crippen MR) is 441 cm³/mol. The van der Waals surface area contributed by atoms with Crippen molar-refractivity contribution < 1.29 is 99.2 Å². The number of rotatable bonds is 45. The molecule has 0 unspecified atom stereocenters. The van der Waals surface area contributed by atoms with Gasteiger partial charge >= 0.3 is 28.4 Å². The SMILES string of the molecule is CSCC[C@H](NC(=O)[C@H](Cc1ccc(OS(=O)(=O)O)cc1)NC(=O)[C@H](CC(=O)O)NC(=O)[C@H](CCCNC(=O)OCC1c2ccccc2-c2ccccc21)NC(=O)c1ccc(C(=O)c2ccccc2)cc1)C(=O)NCC(=O)N[C@@H](Cc1c[nH]c2ccccc12)C(=O)N[C@@H](CCSC)C(=O)N[C@@H](CC(=O)O)C(=O)N[C@@H](Cc1ccccc1)C(N)=O. The number of carbonyl (C=O) groups excluding carboxylic acids is 12. The van der Waals surface area contributed by atoms with Gasteiger partial charge < -0.3 is 83.0 Å². The Bertz CT molecular complexity index is 5060. The van der Waals surface area contributed by atoms with Crippen molar-refractivity contribution in [2.45, 2.75) is 112 Å². The number of ether oxygens (including phenoxy) is 1. The van der Waals surface area contributed by atoms with E-state index in [2.05, 4.69) is 62.3 Å². The van der Waals surface area contributed by atoms with Crippen molar-refractivity contribution in [1.29, 1.82) is 0 Å². The highest BCUT2D eigenvalue weighted by molar-refractivity contribution is 7.98. The number of H-pyrrole nitrogens is 1. The molecule has 0 spiro atoms. The lowest BCUT2D eigenvalue weighted by atomic mass is 9.98. The number of primary amides is 1. The minimum absolute atomic E-state index is 0.0244. The highest BCUT2D eigenvalue weighted by atomic mass is 32.3. The first-order valence-corrected chi connectivity index (χ1v) is 41.7. The second-order valence-electron chi connectivity index (χ2n) is 27.7. The molecule has 16 N–H and O–H groups in total. The van der Waals surface area contributed by atoms with Gasteiger partial charge in [0.2, 0.25) is 53.2 Å². The summed E-state index contributed by atoms with van der Waals surface area (Å²) in [5.74, 6) is -14.1. The fraction of sp³-hybridized carbons (Fsp3) is 0.301. The molecule has 33 nitrogen and oxygen atoms in total. The van der Waals surface area contributed by atoms with Crippen LogP contribution in [0.4, 0.5) is 4.79 Å². The van der Waals surface area contributed by atoms with Gasteiger partial charge in [-0.05, 0) is 119 Å². The van der Waals surface area contributed by atoms with Crippen molar-refractivity contribution in [3.8, 4) is 16.9 Å². The first-order chi connectivity index (χ1) is 57.0. The number of ketones is 1. The molecule has 1 aromatic heterocycles. The lowest BCUT2D eigenvalue weighted by Crippen LogP contribution is -2.60. The van der Waals surface area contributed by atoms with Crippen LogP contribution in [0.15, 0.2) is 188 Å². The average molecular weight is 1690 g/mol. The summed E-state index contributed by atoms with van der Waals surface area (Å²) >= 11 is 2.52. The molecule has 626 valence electrons. The van der Waals surface area contributed by atoms with Gasteiger partial charge in [-0.2, -0.15) is 31.9 Å². The molecule has 8 aromatic rings. The fourth-order valence-electron chi connectivity index (χ4n) is 13.2. The van der Waals surface area contributed by atoms with Gasteiger partial charge in [-0.1, -0.05) is 152 Å². The molecular formula is C83H90N12O21S3. The molecule has 36 heteroatoms. The van der Waals surface area contributed by atoms with Crippen molar-refractivity contribution in [2.75, 3.05) is 43.7 Å². The molecule has 0 saturated carbocycles. The molecule has 8 atom stereocenters. The zero-order chi connectivity index (χ0) is 85.7. The molecule has 7 aromatic carbocycles. The molecule has 0 aliphatic heterocycles. The van der Waals surface area contributed by atoms with E-state index in [1.54, 1.807) is 104 Å². The minimum Gasteiger partial charge on any atom is -0.481 e. The number of hydrogen-bond donors (Lipinski definition) is 15. The van der Waals surface area contributed by atoms with Crippen LogP contribution < -0.4 is 63.1 Å². The molecule has 0 saturated heterocycles. The number of para-hydroxylation sites is 1. The number of carboxylic acids is 2. The Balaban J connectivity index is 0.908. The summed E-state index contributed by atoms with van der Waals surface area (Å²) in [4.78, 5) is 197. The van der Waals surface area contributed by atoms with Gasteiger partial charge in [-0.3, -0.25) is 66.9 Å². The van der Waals surface area contributed by atoms with E-state index >= 15 is 0 Å². The highest BCUT2D eigenvalue weighted by Gasteiger charge is 2.37. The van der Waals surface area contributed by atoms with Crippen LogP contribution in [0.5, 0.6) is 5.75 Å². The van der Waals surface area contributed by atoms with Crippen LogP contribution in [0, 0.1) is 0 Å². The number of carboxylic acid groups (broad SMARTS) is 2. The quantitative estimate of drug-likeness (QED) is 0.0145. The first-order valence-electron chi connectivity index (χ1n) is 37.6. The number of benzene rings is 7. The number of nitrogens with one attached hydrogen (secondary N) is 11. The lowest BCUT2D eigenvalue weighted by molar-refractivity contribution is -0.142. The zero-order valence-corrected chi connectivity index (χ0v) is 66.9. The van der Waals surface area contributed by atoms with E-state index in [1.165, 1.54) is 59.9 Å². The number of nitrogens with two attached hydrogens (primary N) is 1. The van der Waals surface area contributed by atoms with Crippen LogP contribution in [0.2, 0.25) is 0 Å². The Morgan fingerprint density at radius 3 is 1.49 bits per heavy atom. The Labute approximate surface area is 692 Å². The number of aliphatic carboxylic acids is 2. The molecule has 1 heterocycles. The van der Waals surface area contributed by atoms with Gasteiger partial charge in [0, 0.05) is 65.5 Å². The van der Waals surface area contributed by atoms with Crippen LogP contribution in [-0.4, -0.2) is 203 Å². The Hall–Kier alpha value is -12.9. The standard InChI is InChI=1S/C83H90N12O21S3/c1-117-38-35-63(76(104)87-46-70(96)88-67(42-53-45-86-61-25-14-13-20-55(53)61)80(108)91-64(36-39-118-2)78(106)95-68(43-71(97)98)81(109)92-65(74(84)102)40-48-16-5-3-6-17-48)90-79(107)66(41-49-27-33-54(34-28-49)116-119(112,113)114)93-82(110)69(44-72(99)100)94-77(105)62(89-75(103)52-31-29-51(30-32-52)73(101)50-18-7-4-8-19-50)26-15-37-85-83(111)115-47-60-58-23-11-9-21-56(58)57-22-10-12-24-59(57)60/h3-14,16-25,27-34,45,60,62-69,86H,15,26,35-44,46-47H2,1-2H3,(H2,84,102)(H,85,111)(H,87,104)(H,88,96)(H,89,103)(H,90,107)(H,91,108)(H,92,109)(H,93,110)(H,94,105)(H,95,106)(H,97,98)(H,99,100)(H,112,113,114)/t62-,63-,64-,65-,66-,67-,68-,69-/m0/s1. The van der Waals surface area contributed by atoms with E-state index in [4.69, 9.17) is 10.5 Å². The summed E-state index contributed by atoms with van der Waals surface area (Å²) in [6.45, 7) is -1.02. The first kappa shape index (κ1) is 90.0. The van der Waals surface area contributed by atoms with Crippen LogP contribution in [0.3, 0.4) is 0 Å². The molecule has 11 amide bonds. The number of amides is 11. The fourth-order valence-corrected chi connectivity index (χ4v) is 14.5. The number of thioether (sulfide) groups is 2. The summed E-state index contributed by atoms with van der Waals surface area (Å²) in [6.07, 6.45) is 0.705. The van der Waals surface area contributed by atoms with Gasteiger partial charge in [0.1, 0.15) is 60.7 Å². The molecule has 9 rings (SSSR count). The minimum atomic E-state index is -5.03. The topological polar surface area (TPSA) is 514 Å². The second-order valence-corrected chi connectivity index (χ2v) is 30.7. The van der Waals surface area contributed by atoms with Gasteiger partial charge in [-0.15, -0.1) is 0 Å². The molecule has 0 radical (unpaired) electrons. The van der Waals surface area contributed by atoms with Crippen LogP contribution in [0.25, 0.3) is 22.0 Å². The molecule has 0 fully saturated rings. The molecule has 1 aliphatic rings. The summed E-state index contributed by atoms with van der Waals surface area (Å²) in [6, 6.07) is 36.3. The van der Waals surface area contributed by atoms with Gasteiger partial charge in [0.05, 0.1) is 19.4 Å². The maximum atomic E-state index is 14.9. The van der Waals surface area contributed by atoms with E-state index < -0.39 is 162 Å². The third kappa shape index (κ3) is 27.1. The van der Waals surface area contributed by atoms with E-state index in [1.807, 2.05) is 48.5 Å². The normalized spacial score (nSPS) is 13.5. The number of carbonyl (C=O) groups is 14. The van der Waals surface area contributed by atoms with E-state index in [0.717, 1.165) is 34.4 Å². The average Bonchev–Trinajstić information content (AvgIpc) is 1.61. The van der Waals surface area contributed by atoms with E-state index in [0.29, 0.717) is 27.6 Å². The summed E-state index contributed by atoms with van der Waals surface area (Å²) < 4.78 is 42.9. The second kappa shape index (κ2) is 43.9. The molecule has 1 aliphatic carbocycles. The van der Waals surface area contributed by atoms with E-state index in [9.17, 15) is 90.3 Å². The van der Waals surface area contributed by atoms with Crippen LogP contribution in [0.1, 0.15) is 98.5 Å². The molecule has 0 bridgehead atoms. The van der Waals surface area contributed by atoms with Crippen molar-refractivity contribution in [2.24, 2.45) is 5.73 Å². The maximum Gasteiger partial charge on any atom is 0.446 e. The Morgan fingerprint density at radius 2 is 0.924 bits per heavy atom. The van der Waals surface area contributed by atoms with Gasteiger partial charge in [-0.25, -0.2) is 4.79 Å². The third-order valence-corrected chi connectivity index (χ3v) is 20.9. The summed E-state index contributed by atoms with van der Waals surface area (Å²) in [5, 5.41) is 46.0. The molecular weight excluding hydrogens is 1600 g/mol. The van der Waals surface area contributed by atoms with Crippen molar-refractivity contribution in [3.63, 3.8) is 0 Å². The number of hydrogen-bond acceptors (Lipinski definition) is 20. The summed E-state index contributed by atoms with van der Waals surface area (Å²) in [5.41, 5.74) is 12.1. The third-order valence-electron chi connectivity index (χ3n) is 19.2. The number of aromatic amines is 1. The Kier molecular flexibility index (Phi) is 33.2. The zero-order valence-electron chi connectivity index (χ0n) is 64.5. The van der Waals surface area contributed by atoms with Crippen LogP contribution >= 0.6 is 23.5 Å². The monoisotopic (exact) mass is 1690 g/mol. The highest BCUT2D eigenvalue weighted by Crippen LogP contribution is 2.44. The lowest BCUT2D eigenvalue weighted by Gasteiger charge is -2.26. The van der Waals surface area contributed by atoms with Crippen molar-refractivity contribution >= 4 is 128 Å². The number of fused-ring (bicyclic) bond motifs is 4. The van der Waals surface area contributed by atoms with Crippen molar-refractivity contribution in [3.05, 3.63) is 233 Å². The largest absolute Gasteiger partial charge is 0.481 e. The number of alkyl carbamates (subject to hydrolysis) is 1. The van der Waals surface area contributed by atoms with Crippen molar-refractivity contribution in [1.82, 2.24) is 58.2 Å². The van der Waals surface area contributed by atoms with E-state index in [-0.39, 0.29) is 97.3 Å². The predicted octanol–water partition coefficient (Wildman–Crippen LogP) is 4.18. The van der Waals surface area contributed by atoms with Crippen LogP contribution in [-0.2, 0) is 87.1 Å². The molecule has 119 heavy (non-hydrogen) atoms.